The van der Waals surface area contributed by atoms with E-state index in [4.69, 9.17) is 15.1 Å². The molecule has 0 amide bonds. The fraction of sp³-hybridized carbons (Fsp3) is 0.333. The molecule has 4 aromatic rings. The number of quaternary nitrogens is 1. The number of benzene rings is 2. The van der Waals surface area contributed by atoms with Crippen molar-refractivity contribution in [1.29, 1.82) is 0 Å². The molecule has 0 radical (unpaired) electrons. The van der Waals surface area contributed by atoms with Crippen LogP contribution in [0.15, 0.2) is 53.7 Å². The zero-order valence-corrected chi connectivity index (χ0v) is 18.6. The zero-order valence-electron chi connectivity index (χ0n) is 17.8. The van der Waals surface area contributed by atoms with Gasteiger partial charge in [0.25, 0.3) is 0 Å². The van der Waals surface area contributed by atoms with E-state index >= 15 is 0 Å². The Labute approximate surface area is 189 Å². The maximum absolute atomic E-state index is 13.2. The van der Waals surface area contributed by atoms with Gasteiger partial charge in [0.15, 0.2) is 22.4 Å². The largest absolute Gasteiger partial charge is 0.335 e. The molecule has 32 heavy (non-hydrogen) atoms. The Morgan fingerprint density at radius 2 is 1.81 bits per heavy atom. The van der Waals surface area contributed by atoms with Gasteiger partial charge in [0.05, 0.1) is 37.3 Å². The Morgan fingerprint density at radius 1 is 1.03 bits per heavy atom. The van der Waals surface area contributed by atoms with Gasteiger partial charge in [-0.3, -0.25) is 4.79 Å². The molecular formula is C24H25FN5OS+. The number of fused-ring (bicyclic) bond motifs is 3. The van der Waals surface area contributed by atoms with Crippen LogP contribution >= 0.6 is 11.8 Å². The van der Waals surface area contributed by atoms with Crippen molar-refractivity contribution in [2.45, 2.75) is 30.8 Å². The highest BCUT2D eigenvalue weighted by atomic mass is 32.2. The Balaban J connectivity index is 1.40. The van der Waals surface area contributed by atoms with Crippen LogP contribution in [-0.2, 0) is 6.42 Å². The van der Waals surface area contributed by atoms with Crippen LogP contribution in [0.25, 0.3) is 16.6 Å². The van der Waals surface area contributed by atoms with Crippen LogP contribution in [0.3, 0.4) is 0 Å². The van der Waals surface area contributed by atoms with Crippen molar-refractivity contribution in [3.8, 4) is 0 Å². The van der Waals surface area contributed by atoms with Gasteiger partial charge in [0.1, 0.15) is 5.82 Å². The van der Waals surface area contributed by atoms with Crippen LogP contribution < -0.4 is 4.90 Å². The lowest BCUT2D eigenvalue weighted by Crippen LogP contribution is -3.13. The van der Waals surface area contributed by atoms with Crippen molar-refractivity contribution in [2.75, 3.05) is 25.4 Å². The zero-order chi connectivity index (χ0) is 21.9. The summed E-state index contributed by atoms with van der Waals surface area (Å²) in [6, 6.07) is 13.5. The third kappa shape index (κ3) is 4.52. The molecule has 2 aromatic carbocycles. The van der Waals surface area contributed by atoms with Gasteiger partial charge >= 0.3 is 0 Å². The Bertz CT molecular complexity index is 1250. The molecule has 8 heteroatoms. The molecule has 1 aliphatic heterocycles. The van der Waals surface area contributed by atoms with E-state index in [1.54, 1.807) is 9.42 Å². The van der Waals surface area contributed by atoms with Crippen LogP contribution in [0, 0.1) is 5.82 Å². The molecule has 3 heterocycles. The van der Waals surface area contributed by atoms with E-state index < -0.39 is 0 Å². The highest BCUT2D eigenvalue weighted by Crippen LogP contribution is 2.24. The van der Waals surface area contributed by atoms with Gasteiger partial charge in [-0.05, 0) is 55.7 Å². The van der Waals surface area contributed by atoms with Crippen LogP contribution in [-0.4, -0.2) is 50.8 Å². The fourth-order valence-corrected chi connectivity index (χ4v) is 5.05. The van der Waals surface area contributed by atoms with E-state index in [1.165, 1.54) is 68.4 Å². The summed E-state index contributed by atoms with van der Waals surface area (Å²) in [5.74, 6) is 0.577. The summed E-state index contributed by atoms with van der Waals surface area (Å²) in [6.45, 7) is 3.49. The van der Waals surface area contributed by atoms with Crippen molar-refractivity contribution in [2.24, 2.45) is 0 Å². The molecule has 0 bridgehead atoms. The lowest BCUT2D eigenvalue weighted by atomic mass is 10.1. The topological polar surface area (TPSA) is 64.6 Å². The molecule has 0 aliphatic carbocycles. The summed E-state index contributed by atoms with van der Waals surface area (Å²) in [4.78, 5) is 23.8. The number of halogens is 1. The minimum Gasteiger partial charge on any atom is -0.335 e. The van der Waals surface area contributed by atoms with Crippen LogP contribution in [0.5, 0.6) is 0 Å². The number of carbonyl (C=O) groups excluding carboxylic acids is 1. The van der Waals surface area contributed by atoms with Gasteiger partial charge in [-0.25, -0.2) is 14.4 Å². The number of aromatic nitrogens is 4. The van der Waals surface area contributed by atoms with Gasteiger partial charge in [-0.1, -0.05) is 23.9 Å². The second kappa shape index (κ2) is 9.34. The normalized spacial score (nSPS) is 14.9. The number of piperidine rings is 1. The van der Waals surface area contributed by atoms with Crippen molar-refractivity contribution >= 4 is 34.1 Å². The van der Waals surface area contributed by atoms with Crippen molar-refractivity contribution < 1.29 is 14.1 Å². The number of hydrogen-bond acceptors (Lipinski definition) is 5. The van der Waals surface area contributed by atoms with E-state index in [-0.39, 0.29) is 17.4 Å². The number of hydrogen-bond donors (Lipinski definition) is 1. The van der Waals surface area contributed by atoms with E-state index in [0.29, 0.717) is 10.7 Å². The van der Waals surface area contributed by atoms with Crippen LogP contribution in [0.1, 0.15) is 35.4 Å². The molecule has 1 fully saturated rings. The predicted molar refractivity (Wildman–Crippen MR) is 123 cm³/mol. The summed E-state index contributed by atoms with van der Waals surface area (Å²) in [6.07, 6.45) is 4.76. The van der Waals surface area contributed by atoms with Gasteiger partial charge < -0.3 is 4.90 Å². The highest BCUT2D eigenvalue weighted by Gasteiger charge is 2.18. The number of para-hydroxylation sites is 1. The number of rotatable bonds is 7. The molecule has 164 valence electrons. The lowest BCUT2D eigenvalue weighted by molar-refractivity contribution is -0.904. The standard InChI is InChI=1S/C24H24FN5OS/c25-18-10-8-17(9-11-18)21(31)16-32-24-26-20-7-3-2-6-19(20)23-27-22(28-30(23)24)12-15-29-13-4-1-5-14-29/h2-3,6-11H,1,4-5,12-16H2/p+1. The van der Waals surface area contributed by atoms with Crippen LogP contribution in [0.2, 0.25) is 0 Å². The molecule has 5 rings (SSSR count). The number of nitrogens with zero attached hydrogens (tertiary/aromatic N) is 4. The van der Waals surface area contributed by atoms with Crippen molar-refractivity contribution in [3.05, 3.63) is 65.7 Å². The van der Waals surface area contributed by atoms with E-state index in [9.17, 15) is 9.18 Å². The molecule has 0 spiro atoms. The summed E-state index contributed by atoms with van der Waals surface area (Å²) in [7, 11) is 0. The molecule has 0 saturated carbocycles. The number of Topliss-reactive ketones (excluding diaryl/α,β-unsaturated/α-hetero) is 1. The maximum atomic E-state index is 13.2. The molecule has 2 aromatic heterocycles. The molecule has 0 atom stereocenters. The summed E-state index contributed by atoms with van der Waals surface area (Å²) in [5, 5.41) is 6.34. The minimum atomic E-state index is -0.353. The summed E-state index contributed by atoms with van der Waals surface area (Å²) >= 11 is 1.33. The monoisotopic (exact) mass is 450 g/mol. The first-order valence-electron chi connectivity index (χ1n) is 11.1. The molecule has 6 nitrogen and oxygen atoms in total. The average molecular weight is 451 g/mol. The molecule has 1 aliphatic rings. The molecule has 1 N–H and O–H groups in total. The Morgan fingerprint density at radius 3 is 2.62 bits per heavy atom. The van der Waals surface area contributed by atoms with Gasteiger partial charge in [0, 0.05) is 10.9 Å². The van der Waals surface area contributed by atoms with Gasteiger partial charge in [0.2, 0.25) is 0 Å². The SMILES string of the molecule is O=C(CSc1nc2ccccc2c2nc(CC[NH+]3CCCCC3)nn12)c1ccc(F)cc1. The molecular weight excluding hydrogens is 425 g/mol. The Hall–Kier alpha value is -2.84. The number of thioether (sulfide) groups is 1. The van der Waals surface area contributed by atoms with Gasteiger partial charge in [-0.15, -0.1) is 5.10 Å². The second-order valence-electron chi connectivity index (χ2n) is 8.20. The van der Waals surface area contributed by atoms with E-state index in [1.807, 2.05) is 24.3 Å². The van der Waals surface area contributed by atoms with Gasteiger partial charge in [-0.2, -0.15) is 4.52 Å². The summed E-state index contributed by atoms with van der Waals surface area (Å²) in [5.41, 5.74) is 2.09. The van der Waals surface area contributed by atoms with Crippen molar-refractivity contribution in [3.63, 3.8) is 0 Å². The quantitative estimate of drug-likeness (QED) is 0.266. The average Bonchev–Trinajstić information content (AvgIpc) is 3.27. The number of ketones is 1. The first-order chi connectivity index (χ1) is 15.7. The Kier molecular flexibility index (Phi) is 6.14. The molecule has 0 unspecified atom stereocenters. The van der Waals surface area contributed by atoms with E-state index in [0.717, 1.165) is 35.3 Å². The molecule has 1 saturated heterocycles. The maximum Gasteiger partial charge on any atom is 0.192 e. The fourth-order valence-electron chi connectivity index (χ4n) is 4.21. The summed E-state index contributed by atoms with van der Waals surface area (Å²) < 4.78 is 14.9. The lowest BCUT2D eigenvalue weighted by Gasteiger charge is -2.22. The number of nitrogens with one attached hydrogen (secondary N) is 1. The van der Waals surface area contributed by atoms with Crippen molar-refractivity contribution in [1.82, 2.24) is 19.6 Å². The predicted octanol–water partition coefficient (Wildman–Crippen LogP) is 3.00. The number of likely N-dealkylation sites (tertiary alicyclic amines) is 1. The minimum absolute atomic E-state index is 0.0767. The second-order valence-corrected chi connectivity index (χ2v) is 9.15. The van der Waals surface area contributed by atoms with E-state index in [2.05, 4.69) is 0 Å². The van der Waals surface area contributed by atoms with Crippen LogP contribution in [0.4, 0.5) is 4.39 Å². The third-order valence-corrected chi connectivity index (χ3v) is 6.88. The smallest absolute Gasteiger partial charge is 0.192 e. The first kappa shape index (κ1) is 21.0. The highest BCUT2D eigenvalue weighted by molar-refractivity contribution is 7.99. The third-order valence-electron chi connectivity index (χ3n) is 5.95. The first-order valence-corrected chi connectivity index (χ1v) is 12.1. The number of carbonyl (C=O) groups is 1.